The van der Waals surface area contributed by atoms with E-state index in [1.165, 1.54) is 0 Å². The van der Waals surface area contributed by atoms with Gasteiger partial charge in [0.25, 0.3) is 0 Å². The van der Waals surface area contributed by atoms with Gasteiger partial charge in [-0.1, -0.05) is 6.07 Å². The third-order valence-corrected chi connectivity index (χ3v) is 2.50. The zero-order chi connectivity index (χ0) is 12.7. The van der Waals surface area contributed by atoms with Gasteiger partial charge in [-0.3, -0.25) is 11.3 Å². The fourth-order valence-electron chi connectivity index (χ4n) is 1.55. The Kier molecular flexibility index (Phi) is 5.76. The molecular weight excluding hydrogens is 220 g/mol. The topological polar surface area (TPSA) is 65.7 Å². The van der Waals surface area contributed by atoms with Gasteiger partial charge in [-0.2, -0.15) is 0 Å². The van der Waals surface area contributed by atoms with Crippen LogP contribution in [0.5, 0.6) is 11.5 Å². The van der Waals surface area contributed by atoms with Gasteiger partial charge >= 0.3 is 0 Å². The Morgan fingerprint density at radius 1 is 1.24 bits per heavy atom. The van der Waals surface area contributed by atoms with Crippen molar-refractivity contribution in [2.45, 2.75) is 13.0 Å². The molecule has 0 radical (unpaired) electrons. The number of hydrogen-bond acceptors (Lipinski definition) is 5. The highest BCUT2D eigenvalue weighted by molar-refractivity contribution is 5.43. The average Bonchev–Trinajstić information content (AvgIpc) is 2.39. The Morgan fingerprint density at radius 2 is 1.94 bits per heavy atom. The van der Waals surface area contributed by atoms with Gasteiger partial charge in [0.1, 0.15) is 0 Å². The highest BCUT2D eigenvalue weighted by Gasteiger charge is 2.12. The standard InChI is InChI=1S/C12H20N2O3/c1-4-17-8-10(14-13)9-5-6-11(15-2)12(7-9)16-3/h5-7,10,14H,4,8,13H2,1-3H3. The van der Waals surface area contributed by atoms with Gasteiger partial charge in [-0.05, 0) is 24.6 Å². The first kappa shape index (κ1) is 13.8. The van der Waals surface area contributed by atoms with Crippen LogP contribution < -0.4 is 20.7 Å². The lowest BCUT2D eigenvalue weighted by Gasteiger charge is -2.17. The molecule has 0 aliphatic carbocycles. The first-order valence-electron chi connectivity index (χ1n) is 5.52. The number of hydrogen-bond donors (Lipinski definition) is 2. The number of benzene rings is 1. The fourth-order valence-corrected chi connectivity index (χ4v) is 1.55. The van der Waals surface area contributed by atoms with Crippen LogP contribution in [0.3, 0.4) is 0 Å². The molecule has 0 heterocycles. The molecule has 96 valence electrons. The van der Waals surface area contributed by atoms with Crippen LogP contribution in [0.1, 0.15) is 18.5 Å². The summed E-state index contributed by atoms with van der Waals surface area (Å²) in [5.41, 5.74) is 3.72. The normalized spacial score (nSPS) is 12.2. The van der Waals surface area contributed by atoms with Crippen molar-refractivity contribution in [3.63, 3.8) is 0 Å². The van der Waals surface area contributed by atoms with E-state index in [1.54, 1.807) is 14.2 Å². The zero-order valence-corrected chi connectivity index (χ0v) is 10.5. The van der Waals surface area contributed by atoms with Crippen LogP contribution in [-0.4, -0.2) is 27.4 Å². The second-order valence-electron chi connectivity index (χ2n) is 3.49. The Bertz CT molecular complexity index is 345. The van der Waals surface area contributed by atoms with Crippen molar-refractivity contribution < 1.29 is 14.2 Å². The van der Waals surface area contributed by atoms with E-state index in [0.717, 1.165) is 5.56 Å². The average molecular weight is 240 g/mol. The van der Waals surface area contributed by atoms with Crippen LogP contribution in [0.25, 0.3) is 0 Å². The fraction of sp³-hybridized carbons (Fsp3) is 0.500. The molecule has 1 atom stereocenters. The lowest BCUT2D eigenvalue weighted by atomic mass is 10.1. The first-order chi connectivity index (χ1) is 8.26. The van der Waals surface area contributed by atoms with Crippen molar-refractivity contribution in [2.75, 3.05) is 27.4 Å². The van der Waals surface area contributed by atoms with E-state index in [4.69, 9.17) is 20.1 Å². The highest BCUT2D eigenvalue weighted by atomic mass is 16.5. The minimum Gasteiger partial charge on any atom is -0.493 e. The van der Waals surface area contributed by atoms with Crippen molar-refractivity contribution in [1.29, 1.82) is 0 Å². The number of rotatable bonds is 7. The smallest absolute Gasteiger partial charge is 0.161 e. The number of ether oxygens (including phenoxy) is 3. The molecule has 0 saturated heterocycles. The van der Waals surface area contributed by atoms with E-state index in [0.29, 0.717) is 24.7 Å². The summed E-state index contributed by atoms with van der Waals surface area (Å²) in [5, 5.41) is 0. The molecule has 1 aromatic rings. The maximum Gasteiger partial charge on any atom is 0.161 e. The minimum absolute atomic E-state index is 0.0604. The number of nitrogens with two attached hydrogens (primary N) is 1. The molecule has 5 heteroatoms. The third-order valence-electron chi connectivity index (χ3n) is 2.50. The van der Waals surface area contributed by atoms with Crippen molar-refractivity contribution >= 4 is 0 Å². The van der Waals surface area contributed by atoms with Crippen LogP contribution in [0, 0.1) is 0 Å². The summed E-state index contributed by atoms with van der Waals surface area (Å²) >= 11 is 0. The molecule has 1 unspecified atom stereocenters. The Hall–Kier alpha value is -1.30. The van der Waals surface area contributed by atoms with Crippen LogP contribution in [-0.2, 0) is 4.74 Å². The molecule has 0 aliphatic heterocycles. The van der Waals surface area contributed by atoms with Gasteiger partial charge in [0, 0.05) is 6.61 Å². The Balaban J connectivity index is 2.88. The summed E-state index contributed by atoms with van der Waals surface area (Å²) in [4.78, 5) is 0. The molecule has 5 nitrogen and oxygen atoms in total. The lowest BCUT2D eigenvalue weighted by molar-refractivity contribution is 0.123. The molecule has 0 saturated carbocycles. The summed E-state index contributed by atoms with van der Waals surface area (Å²) in [6.45, 7) is 3.12. The van der Waals surface area contributed by atoms with E-state index >= 15 is 0 Å². The van der Waals surface area contributed by atoms with Crippen LogP contribution in [0.4, 0.5) is 0 Å². The SMILES string of the molecule is CCOCC(NN)c1ccc(OC)c(OC)c1. The molecule has 0 bridgehead atoms. The molecular formula is C12H20N2O3. The monoisotopic (exact) mass is 240 g/mol. The van der Waals surface area contributed by atoms with Crippen LogP contribution >= 0.6 is 0 Å². The Morgan fingerprint density at radius 3 is 2.47 bits per heavy atom. The predicted octanol–water partition coefficient (Wildman–Crippen LogP) is 1.24. The molecule has 3 N–H and O–H groups in total. The number of nitrogens with one attached hydrogen (secondary N) is 1. The van der Waals surface area contributed by atoms with Gasteiger partial charge in [0.2, 0.25) is 0 Å². The molecule has 0 aliphatic rings. The van der Waals surface area contributed by atoms with Crippen molar-refractivity contribution in [1.82, 2.24) is 5.43 Å². The summed E-state index contributed by atoms with van der Waals surface area (Å²) in [6.07, 6.45) is 0. The van der Waals surface area contributed by atoms with E-state index < -0.39 is 0 Å². The van der Waals surface area contributed by atoms with Crippen LogP contribution in [0.2, 0.25) is 0 Å². The van der Waals surface area contributed by atoms with Gasteiger partial charge in [0.15, 0.2) is 11.5 Å². The second kappa shape index (κ2) is 7.11. The van der Waals surface area contributed by atoms with Crippen molar-refractivity contribution in [3.8, 4) is 11.5 Å². The highest BCUT2D eigenvalue weighted by Crippen LogP contribution is 2.29. The van der Waals surface area contributed by atoms with Crippen molar-refractivity contribution in [2.24, 2.45) is 5.84 Å². The summed E-state index contributed by atoms with van der Waals surface area (Å²) < 4.78 is 15.8. The summed E-state index contributed by atoms with van der Waals surface area (Å²) in [6, 6.07) is 5.62. The molecule has 0 spiro atoms. The maximum absolute atomic E-state index is 5.51. The molecule has 1 rings (SSSR count). The lowest BCUT2D eigenvalue weighted by Crippen LogP contribution is -2.31. The van der Waals surface area contributed by atoms with Gasteiger partial charge in [-0.25, -0.2) is 0 Å². The van der Waals surface area contributed by atoms with Crippen molar-refractivity contribution in [3.05, 3.63) is 23.8 Å². The summed E-state index contributed by atoms with van der Waals surface area (Å²) in [7, 11) is 3.21. The molecule has 0 fully saturated rings. The third kappa shape index (κ3) is 3.59. The zero-order valence-electron chi connectivity index (χ0n) is 10.5. The van der Waals surface area contributed by atoms with E-state index in [-0.39, 0.29) is 6.04 Å². The maximum atomic E-state index is 5.51. The predicted molar refractivity (Wildman–Crippen MR) is 66.1 cm³/mol. The van der Waals surface area contributed by atoms with E-state index in [1.807, 2.05) is 25.1 Å². The largest absolute Gasteiger partial charge is 0.493 e. The van der Waals surface area contributed by atoms with Crippen LogP contribution in [0.15, 0.2) is 18.2 Å². The quantitative estimate of drug-likeness (QED) is 0.554. The van der Waals surface area contributed by atoms with Gasteiger partial charge < -0.3 is 14.2 Å². The molecule has 17 heavy (non-hydrogen) atoms. The molecule has 0 aromatic heterocycles. The first-order valence-corrected chi connectivity index (χ1v) is 5.52. The summed E-state index contributed by atoms with van der Waals surface area (Å²) in [5.74, 6) is 6.89. The molecule has 0 amide bonds. The van der Waals surface area contributed by atoms with E-state index in [2.05, 4.69) is 5.43 Å². The number of methoxy groups -OCH3 is 2. The minimum atomic E-state index is -0.0604. The van der Waals surface area contributed by atoms with Gasteiger partial charge in [0.05, 0.1) is 26.9 Å². The second-order valence-corrected chi connectivity index (χ2v) is 3.49. The number of hydrazine groups is 1. The molecule has 1 aromatic carbocycles. The Labute approximate surface area is 102 Å². The van der Waals surface area contributed by atoms with Gasteiger partial charge in [-0.15, -0.1) is 0 Å². The van der Waals surface area contributed by atoms with E-state index in [9.17, 15) is 0 Å².